The Hall–Kier alpha value is -2.39. The average molecular weight is 305 g/mol. The molecule has 2 N–H and O–H groups in total. The van der Waals surface area contributed by atoms with E-state index < -0.39 is 0 Å². The van der Waals surface area contributed by atoms with Crippen molar-refractivity contribution in [1.82, 2.24) is 0 Å². The molecule has 0 atom stereocenters. The molecular formula is C20H23N3+2. The number of aromatic amines is 1. The van der Waals surface area contributed by atoms with E-state index in [0.717, 1.165) is 13.1 Å². The van der Waals surface area contributed by atoms with E-state index in [1.54, 1.807) is 4.90 Å². The number of nitrogens with zero attached hydrogens (tertiary/aromatic N) is 1. The minimum Gasteiger partial charge on any atom is -0.331 e. The minimum absolute atomic E-state index is 1.11. The molecule has 0 bridgehead atoms. The van der Waals surface area contributed by atoms with Gasteiger partial charge in [0.2, 0.25) is 0 Å². The Balaban J connectivity index is 1.84. The molecule has 3 nitrogen and oxygen atoms in total. The molecule has 0 amide bonds. The second-order valence-electron chi connectivity index (χ2n) is 6.42. The first kappa shape index (κ1) is 14.2. The summed E-state index contributed by atoms with van der Waals surface area (Å²) in [6.07, 6.45) is 0. The SMILES string of the molecule is C[NH+]1CCN(c2cc(-c3ccccc3)c3ccccc3[nH+]2)CC1. The number of anilines is 1. The normalized spacial score (nSPS) is 16.0. The van der Waals surface area contributed by atoms with Crippen molar-refractivity contribution in [2.45, 2.75) is 0 Å². The van der Waals surface area contributed by atoms with Gasteiger partial charge in [-0.3, -0.25) is 4.90 Å². The van der Waals surface area contributed by atoms with E-state index in [9.17, 15) is 0 Å². The number of quaternary nitrogens is 1. The summed E-state index contributed by atoms with van der Waals surface area (Å²) in [7, 11) is 2.27. The van der Waals surface area contributed by atoms with Crippen LogP contribution in [0.25, 0.3) is 22.0 Å². The first-order valence-corrected chi connectivity index (χ1v) is 8.38. The van der Waals surface area contributed by atoms with Crippen molar-refractivity contribution in [2.24, 2.45) is 0 Å². The Morgan fingerprint density at radius 1 is 0.913 bits per heavy atom. The number of hydrogen-bond donors (Lipinski definition) is 1. The molecule has 1 aromatic heterocycles. The van der Waals surface area contributed by atoms with E-state index in [4.69, 9.17) is 0 Å². The van der Waals surface area contributed by atoms with Crippen molar-refractivity contribution in [3.63, 3.8) is 0 Å². The zero-order valence-corrected chi connectivity index (χ0v) is 13.5. The number of rotatable bonds is 2. The number of nitrogens with one attached hydrogen (secondary N) is 2. The summed E-state index contributed by atoms with van der Waals surface area (Å²) in [5.74, 6) is 1.23. The molecule has 0 unspecified atom stereocenters. The molecule has 1 saturated heterocycles. The molecule has 116 valence electrons. The van der Waals surface area contributed by atoms with Crippen LogP contribution in [-0.2, 0) is 0 Å². The maximum atomic E-state index is 3.64. The summed E-state index contributed by atoms with van der Waals surface area (Å²) in [5, 5.41) is 1.28. The maximum Gasteiger partial charge on any atom is 0.275 e. The predicted molar refractivity (Wildman–Crippen MR) is 94.8 cm³/mol. The van der Waals surface area contributed by atoms with Gasteiger partial charge in [-0.15, -0.1) is 0 Å². The van der Waals surface area contributed by atoms with Crippen LogP contribution in [0.15, 0.2) is 60.7 Å². The molecule has 2 aromatic carbocycles. The third-order valence-corrected chi connectivity index (χ3v) is 4.80. The lowest BCUT2D eigenvalue weighted by atomic mass is 10.0. The molecule has 2 heterocycles. The number of hydrogen-bond acceptors (Lipinski definition) is 1. The highest BCUT2D eigenvalue weighted by atomic mass is 15.3. The summed E-state index contributed by atoms with van der Waals surface area (Å²) in [4.78, 5) is 7.73. The summed E-state index contributed by atoms with van der Waals surface area (Å²) < 4.78 is 0. The van der Waals surface area contributed by atoms with Gasteiger partial charge in [0.1, 0.15) is 31.7 Å². The topological polar surface area (TPSA) is 21.8 Å². The predicted octanol–water partition coefficient (Wildman–Crippen LogP) is 1.66. The van der Waals surface area contributed by atoms with Gasteiger partial charge in [0.15, 0.2) is 0 Å². The van der Waals surface area contributed by atoms with Crippen LogP contribution in [0.4, 0.5) is 5.82 Å². The van der Waals surface area contributed by atoms with Gasteiger partial charge in [-0.05, 0) is 11.6 Å². The van der Waals surface area contributed by atoms with Gasteiger partial charge in [0, 0.05) is 17.0 Å². The number of pyridine rings is 1. The molecule has 0 spiro atoms. The lowest BCUT2D eigenvalue weighted by Gasteiger charge is -2.26. The monoisotopic (exact) mass is 305 g/mol. The second-order valence-corrected chi connectivity index (χ2v) is 6.42. The molecule has 0 radical (unpaired) electrons. The molecule has 0 aliphatic carbocycles. The van der Waals surface area contributed by atoms with Crippen LogP contribution < -0.4 is 14.8 Å². The van der Waals surface area contributed by atoms with Gasteiger partial charge >= 0.3 is 0 Å². The second kappa shape index (κ2) is 6.01. The van der Waals surface area contributed by atoms with E-state index in [0.29, 0.717) is 0 Å². The third kappa shape index (κ3) is 2.80. The highest BCUT2D eigenvalue weighted by molar-refractivity contribution is 5.93. The molecule has 3 heteroatoms. The Labute approximate surface area is 137 Å². The number of aromatic nitrogens is 1. The molecule has 23 heavy (non-hydrogen) atoms. The smallest absolute Gasteiger partial charge is 0.275 e. The van der Waals surface area contributed by atoms with Gasteiger partial charge in [-0.1, -0.05) is 48.5 Å². The molecule has 0 saturated carbocycles. The fourth-order valence-corrected chi connectivity index (χ4v) is 3.37. The maximum absolute atomic E-state index is 3.64. The molecule has 3 aromatic rings. The zero-order valence-electron chi connectivity index (χ0n) is 13.5. The van der Waals surface area contributed by atoms with E-state index in [-0.39, 0.29) is 0 Å². The van der Waals surface area contributed by atoms with E-state index in [1.807, 2.05) is 0 Å². The Morgan fingerprint density at radius 2 is 1.61 bits per heavy atom. The molecule has 4 rings (SSSR count). The highest BCUT2D eigenvalue weighted by Crippen LogP contribution is 2.29. The first-order valence-electron chi connectivity index (χ1n) is 8.38. The Bertz CT molecular complexity index is 805. The van der Waals surface area contributed by atoms with Crippen molar-refractivity contribution in [2.75, 3.05) is 38.1 Å². The van der Waals surface area contributed by atoms with Crippen LogP contribution in [-0.4, -0.2) is 33.2 Å². The summed E-state index contributed by atoms with van der Waals surface area (Å²) in [5.41, 5.74) is 3.79. The largest absolute Gasteiger partial charge is 0.331 e. The zero-order chi connectivity index (χ0) is 15.6. The minimum atomic E-state index is 1.11. The number of fused-ring (bicyclic) bond motifs is 1. The third-order valence-electron chi connectivity index (χ3n) is 4.80. The van der Waals surface area contributed by atoms with Gasteiger partial charge in [0.05, 0.1) is 7.05 Å². The van der Waals surface area contributed by atoms with Gasteiger partial charge in [-0.2, -0.15) is 0 Å². The van der Waals surface area contributed by atoms with Crippen LogP contribution in [0.3, 0.4) is 0 Å². The average Bonchev–Trinajstić information content (AvgIpc) is 2.62. The molecule has 1 aliphatic rings. The van der Waals surface area contributed by atoms with E-state index in [2.05, 4.69) is 77.6 Å². The van der Waals surface area contributed by atoms with Crippen LogP contribution in [0, 0.1) is 0 Å². The van der Waals surface area contributed by atoms with E-state index in [1.165, 1.54) is 40.9 Å². The van der Waals surface area contributed by atoms with E-state index >= 15 is 0 Å². The number of para-hydroxylation sites is 1. The fraction of sp³-hybridized carbons (Fsp3) is 0.250. The number of piperazine rings is 1. The first-order chi connectivity index (χ1) is 11.3. The van der Waals surface area contributed by atoms with Crippen LogP contribution in [0.5, 0.6) is 0 Å². The number of benzene rings is 2. The fourth-order valence-electron chi connectivity index (χ4n) is 3.37. The van der Waals surface area contributed by atoms with Crippen LogP contribution >= 0.6 is 0 Å². The lowest BCUT2D eigenvalue weighted by Crippen LogP contribution is -3.12. The Kier molecular flexibility index (Phi) is 3.72. The molecule has 1 aliphatic heterocycles. The lowest BCUT2D eigenvalue weighted by molar-refractivity contribution is -0.880. The molecule has 1 fully saturated rings. The number of likely N-dealkylation sites (N-methyl/N-ethyl adjacent to an activating group) is 1. The summed E-state index contributed by atoms with van der Waals surface area (Å²) >= 11 is 0. The van der Waals surface area contributed by atoms with Crippen molar-refractivity contribution in [3.8, 4) is 11.1 Å². The van der Waals surface area contributed by atoms with Gasteiger partial charge in [0.25, 0.3) is 5.82 Å². The van der Waals surface area contributed by atoms with Crippen molar-refractivity contribution in [3.05, 3.63) is 60.7 Å². The Morgan fingerprint density at radius 3 is 2.39 bits per heavy atom. The summed E-state index contributed by atoms with van der Waals surface area (Å²) in [6, 6.07) is 21.6. The highest BCUT2D eigenvalue weighted by Gasteiger charge is 2.25. The standard InChI is InChI=1S/C20H21N3/c1-22-11-13-23(14-12-22)20-15-18(16-7-3-2-4-8-16)17-9-5-6-10-19(17)21-20/h2-10,15H,11-14H2,1H3/p+2. The molecular weight excluding hydrogens is 282 g/mol. The van der Waals surface area contributed by atoms with Crippen molar-refractivity contribution in [1.29, 1.82) is 0 Å². The number of H-pyrrole nitrogens is 1. The van der Waals surface area contributed by atoms with Crippen LogP contribution in [0.2, 0.25) is 0 Å². The van der Waals surface area contributed by atoms with Crippen molar-refractivity contribution < 1.29 is 9.88 Å². The van der Waals surface area contributed by atoms with Crippen LogP contribution in [0.1, 0.15) is 0 Å². The quantitative estimate of drug-likeness (QED) is 0.764. The van der Waals surface area contributed by atoms with Gasteiger partial charge in [-0.25, -0.2) is 4.98 Å². The van der Waals surface area contributed by atoms with Gasteiger partial charge < -0.3 is 4.90 Å². The summed E-state index contributed by atoms with van der Waals surface area (Å²) in [6.45, 7) is 4.60. The van der Waals surface area contributed by atoms with Crippen molar-refractivity contribution >= 4 is 16.7 Å².